The second-order valence-electron chi connectivity index (χ2n) is 5.83. The maximum Gasteiger partial charge on any atom is 0.305 e. The van der Waals surface area contributed by atoms with Gasteiger partial charge >= 0.3 is 5.97 Å². The minimum atomic E-state index is -0.0692. The number of hydrogen-bond acceptors (Lipinski definition) is 3. The third kappa shape index (κ3) is 17.8. The van der Waals surface area contributed by atoms with Gasteiger partial charge < -0.3 is 4.74 Å². The van der Waals surface area contributed by atoms with Crippen LogP contribution in [0.25, 0.3) is 0 Å². The van der Waals surface area contributed by atoms with Gasteiger partial charge in [0.25, 0.3) is 0 Å². The third-order valence-corrected chi connectivity index (χ3v) is 4.94. The van der Waals surface area contributed by atoms with Crippen molar-refractivity contribution in [3.05, 3.63) is 0 Å². The SMILES string of the molecule is CCCCCCCCCSCCCCCCCC(=O)OC. The molecule has 0 saturated carbocycles. The van der Waals surface area contributed by atoms with E-state index in [1.54, 1.807) is 0 Å². The molecule has 0 saturated heterocycles. The van der Waals surface area contributed by atoms with Crippen molar-refractivity contribution in [1.82, 2.24) is 0 Å². The molecule has 0 aliphatic heterocycles. The van der Waals surface area contributed by atoms with Crippen LogP contribution in [0.5, 0.6) is 0 Å². The van der Waals surface area contributed by atoms with Crippen LogP contribution in [0, 0.1) is 0 Å². The van der Waals surface area contributed by atoms with E-state index >= 15 is 0 Å². The first kappa shape index (κ1) is 20.8. The van der Waals surface area contributed by atoms with Crippen LogP contribution in [0.15, 0.2) is 0 Å². The zero-order chi connectivity index (χ0) is 15.6. The molecule has 0 atom stereocenters. The Labute approximate surface area is 136 Å². The Kier molecular flexibility index (Phi) is 17.7. The fraction of sp³-hybridized carbons (Fsp3) is 0.944. The summed E-state index contributed by atoms with van der Waals surface area (Å²) in [6.45, 7) is 2.27. The average molecular weight is 317 g/mol. The van der Waals surface area contributed by atoms with Gasteiger partial charge in [-0.2, -0.15) is 11.8 Å². The van der Waals surface area contributed by atoms with Gasteiger partial charge in [-0.05, 0) is 30.8 Å². The molecule has 0 spiro atoms. The van der Waals surface area contributed by atoms with Crippen molar-refractivity contribution >= 4 is 17.7 Å². The molecule has 0 amide bonds. The Morgan fingerprint density at radius 1 is 0.762 bits per heavy atom. The smallest absolute Gasteiger partial charge is 0.305 e. The fourth-order valence-corrected chi connectivity index (χ4v) is 3.39. The highest BCUT2D eigenvalue weighted by Crippen LogP contribution is 2.13. The van der Waals surface area contributed by atoms with Gasteiger partial charge in [-0.15, -0.1) is 0 Å². The van der Waals surface area contributed by atoms with E-state index in [1.807, 2.05) is 0 Å². The van der Waals surface area contributed by atoms with Gasteiger partial charge in [0, 0.05) is 6.42 Å². The Bertz CT molecular complexity index is 219. The average Bonchev–Trinajstić information content (AvgIpc) is 2.50. The van der Waals surface area contributed by atoms with E-state index in [0.717, 1.165) is 12.8 Å². The number of carbonyl (C=O) groups excluding carboxylic acids is 1. The highest BCUT2D eigenvalue weighted by molar-refractivity contribution is 7.99. The monoisotopic (exact) mass is 316 g/mol. The summed E-state index contributed by atoms with van der Waals surface area (Å²) in [5.74, 6) is 2.59. The van der Waals surface area contributed by atoms with Crippen LogP contribution in [-0.4, -0.2) is 24.6 Å². The first-order chi connectivity index (χ1) is 10.3. The van der Waals surface area contributed by atoms with Crippen LogP contribution in [0.2, 0.25) is 0 Å². The number of thioether (sulfide) groups is 1. The van der Waals surface area contributed by atoms with Gasteiger partial charge in [0.2, 0.25) is 0 Å². The standard InChI is InChI=1S/C18H36O2S/c1-3-4-5-6-7-10-13-16-21-17-14-11-8-9-12-15-18(19)20-2/h3-17H2,1-2H3. The van der Waals surface area contributed by atoms with E-state index in [4.69, 9.17) is 0 Å². The molecule has 3 heteroatoms. The molecular weight excluding hydrogens is 280 g/mol. The van der Waals surface area contributed by atoms with Gasteiger partial charge in [0.15, 0.2) is 0 Å². The van der Waals surface area contributed by atoms with Crippen LogP contribution in [0.4, 0.5) is 0 Å². The summed E-state index contributed by atoms with van der Waals surface area (Å²) in [6.07, 6.45) is 16.5. The van der Waals surface area contributed by atoms with E-state index in [2.05, 4.69) is 23.4 Å². The van der Waals surface area contributed by atoms with Crippen molar-refractivity contribution in [2.45, 2.75) is 90.4 Å². The van der Waals surface area contributed by atoms with Crippen molar-refractivity contribution in [1.29, 1.82) is 0 Å². The lowest BCUT2D eigenvalue weighted by Crippen LogP contribution is -1.99. The lowest BCUT2D eigenvalue weighted by Gasteiger charge is -2.03. The second-order valence-corrected chi connectivity index (χ2v) is 7.05. The second kappa shape index (κ2) is 17.9. The van der Waals surface area contributed by atoms with Crippen molar-refractivity contribution in [3.63, 3.8) is 0 Å². The van der Waals surface area contributed by atoms with E-state index in [-0.39, 0.29) is 5.97 Å². The molecule has 0 aromatic heterocycles. The van der Waals surface area contributed by atoms with Crippen LogP contribution in [-0.2, 0) is 9.53 Å². The van der Waals surface area contributed by atoms with Crippen molar-refractivity contribution in [3.8, 4) is 0 Å². The van der Waals surface area contributed by atoms with Crippen molar-refractivity contribution < 1.29 is 9.53 Å². The highest BCUT2D eigenvalue weighted by atomic mass is 32.2. The summed E-state index contributed by atoms with van der Waals surface area (Å²) < 4.78 is 4.63. The lowest BCUT2D eigenvalue weighted by molar-refractivity contribution is -0.140. The predicted octanol–water partition coefficient (Wildman–Crippen LogP) is 5.98. The molecule has 0 bridgehead atoms. The van der Waals surface area contributed by atoms with Gasteiger partial charge in [0.05, 0.1) is 7.11 Å². The Balaban J connectivity index is 2.98. The molecule has 0 N–H and O–H groups in total. The summed E-state index contributed by atoms with van der Waals surface area (Å²) in [7, 11) is 1.46. The predicted molar refractivity (Wildman–Crippen MR) is 95.0 cm³/mol. The van der Waals surface area contributed by atoms with E-state index in [0.29, 0.717) is 6.42 Å². The Morgan fingerprint density at radius 3 is 1.76 bits per heavy atom. The highest BCUT2D eigenvalue weighted by Gasteiger charge is 1.99. The maximum atomic E-state index is 10.9. The number of unbranched alkanes of at least 4 members (excludes halogenated alkanes) is 10. The number of methoxy groups -OCH3 is 1. The van der Waals surface area contributed by atoms with Crippen LogP contribution >= 0.6 is 11.8 Å². The summed E-state index contributed by atoms with van der Waals surface area (Å²) >= 11 is 2.12. The molecule has 0 rings (SSSR count). The molecule has 0 aromatic carbocycles. The molecular formula is C18H36O2S. The maximum absolute atomic E-state index is 10.9. The number of hydrogen-bond donors (Lipinski definition) is 0. The summed E-state index contributed by atoms with van der Waals surface area (Å²) in [6, 6.07) is 0. The van der Waals surface area contributed by atoms with Crippen LogP contribution in [0.1, 0.15) is 90.4 Å². The third-order valence-electron chi connectivity index (χ3n) is 3.79. The minimum Gasteiger partial charge on any atom is -0.469 e. The molecule has 0 fully saturated rings. The zero-order valence-corrected chi connectivity index (χ0v) is 15.1. The normalized spacial score (nSPS) is 10.8. The summed E-state index contributed by atoms with van der Waals surface area (Å²) in [4.78, 5) is 10.9. The van der Waals surface area contributed by atoms with Crippen molar-refractivity contribution in [2.24, 2.45) is 0 Å². The lowest BCUT2D eigenvalue weighted by atomic mass is 10.1. The molecule has 126 valence electrons. The van der Waals surface area contributed by atoms with Gasteiger partial charge in [-0.3, -0.25) is 4.79 Å². The summed E-state index contributed by atoms with van der Waals surface area (Å²) in [5.41, 5.74) is 0. The molecule has 21 heavy (non-hydrogen) atoms. The van der Waals surface area contributed by atoms with E-state index in [1.165, 1.54) is 82.8 Å². The topological polar surface area (TPSA) is 26.3 Å². The summed E-state index contributed by atoms with van der Waals surface area (Å²) in [5, 5.41) is 0. The molecule has 0 radical (unpaired) electrons. The number of esters is 1. The fourth-order valence-electron chi connectivity index (χ4n) is 2.37. The van der Waals surface area contributed by atoms with Gasteiger partial charge in [-0.25, -0.2) is 0 Å². The largest absolute Gasteiger partial charge is 0.469 e. The zero-order valence-electron chi connectivity index (χ0n) is 14.3. The number of ether oxygens (including phenoxy) is 1. The molecule has 0 aromatic rings. The quantitative estimate of drug-likeness (QED) is 0.259. The molecule has 0 unspecified atom stereocenters. The molecule has 0 aliphatic rings. The number of rotatable bonds is 16. The first-order valence-corrected chi connectivity index (χ1v) is 10.1. The molecule has 2 nitrogen and oxygen atoms in total. The first-order valence-electron chi connectivity index (χ1n) is 8.95. The van der Waals surface area contributed by atoms with E-state index < -0.39 is 0 Å². The Hall–Kier alpha value is -0.180. The van der Waals surface area contributed by atoms with Gasteiger partial charge in [0.1, 0.15) is 0 Å². The Morgan fingerprint density at radius 2 is 1.24 bits per heavy atom. The van der Waals surface area contributed by atoms with Gasteiger partial charge in [-0.1, -0.05) is 64.7 Å². The van der Waals surface area contributed by atoms with Crippen LogP contribution < -0.4 is 0 Å². The molecule has 0 heterocycles. The minimum absolute atomic E-state index is 0.0692. The number of carbonyl (C=O) groups is 1. The van der Waals surface area contributed by atoms with E-state index in [9.17, 15) is 4.79 Å². The molecule has 0 aliphatic carbocycles. The van der Waals surface area contributed by atoms with Crippen LogP contribution in [0.3, 0.4) is 0 Å². The van der Waals surface area contributed by atoms with Crippen molar-refractivity contribution in [2.75, 3.05) is 18.6 Å².